The molecule has 1 unspecified atom stereocenters. The molecule has 27 heavy (non-hydrogen) atoms. The maximum atomic E-state index is 12.6. The summed E-state index contributed by atoms with van der Waals surface area (Å²) in [6.07, 6.45) is 1.32. The SMILES string of the molecule is CCCC(=O)Nc1cccc(C2SCC(=O)N2c2ccc(N(C)C)cc2)c1. The summed E-state index contributed by atoms with van der Waals surface area (Å²) in [7, 11) is 3.99. The molecule has 2 aromatic rings. The number of thioether (sulfide) groups is 1. The summed E-state index contributed by atoms with van der Waals surface area (Å²) in [6.45, 7) is 1.98. The van der Waals surface area contributed by atoms with E-state index in [-0.39, 0.29) is 17.2 Å². The van der Waals surface area contributed by atoms with Crippen LogP contribution in [0.4, 0.5) is 17.1 Å². The lowest BCUT2D eigenvalue weighted by atomic mass is 10.1. The van der Waals surface area contributed by atoms with E-state index in [9.17, 15) is 9.59 Å². The smallest absolute Gasteiger partial charge is 0.238 e. The van der Waals surface area contributed by atoms with Crippen LogP contribution in [0.2, 0.25) is 0 Å². The van der Waals surface area contributed by atoms with Gasteiger partial charge in [-0.3, -0.25) is 14.5 Å². The lowest BCUT2D eigenvalue weighted by Crippen LogP contribution is -2.27. The Hall–Kier alpha value is -2.47. The van der Waals surface area contributed by atoms with Gasteiger partial charge in [-0.2, -0.15) is 0 Å². The van der Waals surface area contributed by atoms with Gasteiger partial charge in [0.15, 0.2) is 0 Å². The van der Waals surface area contributed by atoms with Crippen molar-refractivity contribution in [2.24, 2.45) is 0 Å². The summed E-state index contributed by atoms with van der Waals surface area (Å²) in [4.78, 5) is 28.3. The molecule has 1 atom stereocenters. The summed E-state index contributed by atoms with van der Waals surface area (Å²) in [6, 6.07) is 15.8. The van der Waals surface area contributed by atoms with Gasteiger partial charge in [0.1, 0.15) is 5.37 Å². The average molecular weight is 384 g/mol. The molecule has 1 heterocycles. The Kier molecular flexibility index (Phi) is 6.06. The molecule has 1 fully saturated rings. The number of carbonyl (C=O) groups is 2. The van der Waals surface area contributed by atoms with E-state index in [0.29, 0.717) is 12.2 Å². The van der Waals surface area contributed by atoms with Crippen molar-refractivity contribution in [3.63, 3.8) is 0 Å². The molecule has 0 bridgehead atoms. The molecule has 1 saturated heterocycles. The van der Waals surface area contributed by atoms with E-state index in [0.717, 1.165) is 29.0 Å². The number of hydrogen-bond acceptors (Lipinski definition) is 4. The zero-order valence-corrected chi connectivity index (χ0v) is 16.8. The number of benzene rings is 2. The fourth-order valence-electron chi connectivity index (χ4n) is 3.08. The average Bonchev–Trinajstić information content (AvgIpc) is 3.03. The van der Waals surface area contributed by atoms with Gasteiger partial charge in [0.2, 0.25) is 11.8 Å². The summed E-state index contributed by atoms with van der Waals surface area (Å²) in [5, 5.41) is 2.84. The third kappa shape index (κ3) is 4.45. The molecule has 1 N–H and O–H groups in total. The van der Waals surface area contributed by atoms with E-state index in [1.807, 2.05) is 79.3 Å². The number of rotatable bonds is 6. The van der Waals surface area contributed by atoms with Crippen molar-refractivity contribution in [1.29, 1.82) is 0 Å². The molecule has 1 aliphatic rings. The van der Waals surface area contributed by atoms with Crippen molar-refractivity contribution >= 4 is 40.6 Å². The summed E-state index contributed by atoms with van der Waals surface area (Å²) < 4.78 is 0. The molecule has 142 valence electrons. The van der Waals surface area contributed by atoms with Gasteiger partial charge in [-0.1, -0.05) is 19.1 Å². The van der Waals surface area contributed by atoms with Crippen molar-refractivity contribution < 1.29 is 9.59 Å². The van der Waals surface area contributed by atoms with Crippen molar-refractivity contribution in [3.05, 3.63) is 54.1 Å². The minimum absolute atomic E-state index is 0.0148. The molecule has 5 nitrogen and oxygen atoms in total. The Balaban J connectivity index is 1.84. The Labute approximate surface area is 164 Å². The monoisotopic (exact) mass is 383 g/mol. The Bertz CT molecular complexity index is 820. The van der Waals surface area contributed by atoms with Crippen LogP contribution in [-0.4, -0.2) is 31.7 Å². The molecular formula is C21H25N3O2S. The molecule has 6 heteroatoms. The summed E-state index contributed by atoms with van der Waals surface area (Å²) in [5.74, 6) is 0.566. The molecule has 3 rings (SSSR count). The molecule has 0 saturated carbocycles. The Morgan fingerprint density at radius 1 is 1.22 bits per heavy atom. The van der Waals surface area contributed by atoms with Crippen LogP contribution in [0.5, 0.6) is 0 Å². The fourth-order valence-corrected chi connectivity index (χ4v) is 4.25. The van der Waals surface area contributed by atoms with Gasteiger partial charge in [-0.15, -0.1) is 11.8 Å². The van der Waals surface area contributed by atoms with Crippen LogP contribution < -0.4 is 15.1 Å². The number of nitrogens with one attached hydrogen (secondary N) is 1. The fraction of sp³-hybridized carbons (Fsp3) is 0.333. The molecule has 2 aromatic carbocycles. The van der Waals surface area contributed by atoms with Crippen LogP contribution in [0.25, 0.3) is 0 Å². The summed E-state index contributed by atoms with van der Waals surface area (Å²) >= 11 is 1.61. The second-order valence-electron chi connectivity index (χ2n) is 6.76. The third-order valence-corrected chi connectivity index (χ3v) is 5.66. The van der Waals surface area contributed by atoms with Crippen LogP contribution in [0.1, 0.15) is 30.7 Å². The number of carbonyl (C=O) groups excluding carboxylic acids is 2. The lowest BCUT2D eigenvalue weighted by Gasteiger charge is -2.25. The van der Waals surface area contributed by atoms with Crippen LogP contribution in [-0.2, 0) is 9.59 Å². The van der Waals surface area contributed by atoms with Gasteiger partial charge in [0.05, 0.1) is 5.75 Å². The van der Waals surface area contributed by atoms with Crippen LogP contribution in [0.15, 0.2) is 48.5 Å². The molecule has 1 aliphatic heterocycles. The van der Waals surface area contributed by atoms with Gasteiger partial charge in [0.25, 0.3) is 0 Å². The minimum Gasteiger partial charge on any atom is -0.378 e. The topological polar surface area (TPSA) is 52.7 Å². The highest BCUT2D eigenvalue weighted by Crippen LogP contribution is 2.42. The number of nitrogens with zero attached hydrogens (tertiary/aromatic N) is 2. The van der Waals surface area contributed by atoms with Crippen LogP contribution in [0.3, 0.4) is 0 Å². The standard InChI is InChI=1S/C21H25N3O2S/c1-4-6-19(25)22-16-8-5-7-15(13-16)21-24(20(26)14-27-21)18-11-9-17(10-12-18)23(2)3/h5,7-13,21H,4,6,14H2,1-3H3,(H,22,25). The quantitative estimate of drug-likeness (QED) is 0.809. The zero-order valence-electron chi connectivity index (χ0n) is 15.9. The first-order chi connectivity index (χ1) is 13.0. The van der Waals surface area contributed by atoms with Crippen molar-refractivity contribution in [3.8, 4) is 0 Å². The zero-order chi connectivity index (χ0) is 19.4. The van der Waals surface area contributed by atoms with Crippen molar-refractivity contribution in [2.45, 2.75) is 25.1 Å². The lowest BCUT2D eigenvalue weighted by molar-refractivity contribution is -0.116. The van der Waals surface area contributed by atoms with Gasteiger partial charge in [-0.05, 0) is 48.4 Å². The predicted molar refractivity (Wildman–Crippen MR) is 113 cm³/mol. The highest BCUT2D eigenvalue weighted by molar-refractivity contribution is 8.00. The highest BCUT2D eigenvalue weighted by Gasteiger charge is 2.34. The normalized spacial score (nSPS) is 16.5. The molecule has 0 spiro atoms. The summed E-state index contributed by atoms with van der Waals surface area (Å²) in [5.41, 5.74) is 3.77. The highest BCUT2D eigenvalue weighted by atomic mass is 32.2. The van der Waals surface area contributed by atoms with E-state index in [1.165, 1.54) is 0 Å². The number of hydrogen-bond donors (Lipinski definition) is 1. The van der Waals surface area contributed by atoms with Gasteiger partial charge in [-0.25, -0.2) is 0 Å². The van der Waals surface area contributed by atoms with Gasteiger partial charge < -0.3 is 10.2 Å². The predicted octanol–water partition coefficient (Wildman–Crippen LogP) is 4.27. The van der Waals surface area contributed by atoms with Gasteiger partial charge in [0, 0.05) is 37.6 Å². The molecule has 2 amide bonds. The first-order valence-electron chi connectivity index (χ1n) is 9.10. The van der Waals surface area contributed by atoms with Crippen molar-refractivity contribution in [1.82, 2.24) is 0 Å². The largest absolute Gasteiger partial charge is 0.378 e. The second kappa shape index (κ2) is 8.48. The maximum absolute atomic E-state index is 12.6. The van der Waals surface area contributed by atoms with Crippen LogP contribution >= 0.6 is 11.8 Å². The Morgan fingerprint density at radius 2 is 1.96 bits per heavy atom. The first-order valence-corrected chi connectivity index (χ1v) is 10.2. The van der Waals surface area contributed by atoms with E-state index in [4.69, 9.17) is 0 Å². The molecule has 0 aliphatic carbocycles. The van der Waals surface area contributed by atoms with Crippen molar-refractivity contribution in [2.75, 3.05) is 35.0 Å². The first kappa shape index (κ1) is 19.3. The molecule has 0 aromatic heterocycles. The van der Waals surface area contributed by atoms with Crippen LogP contribution in [0, 0.1) is 0 Å². The van der Waals surface area contributed by atoms with Gasteiger partial charge >= 0.3 is 0 Å². The molecule has 0 radical (unpaired) electrons. The van der Waals surface area contributed by atoms with E-state index in [1.54, 1.807) is 11.8 Å². The minimum atomic E-state index is -0.0919. The third-order valence-electron chi connectivity index (χ3n) is 4.44. The van der Waals surface area contributed by atoms with E-state index >= 15 is 0 Å². The maximum Gasteiger partial charge on any atom is 0.238 e. The number of amides is 2. The van der Waals surface area contributed by atoms with E-state index in [2.05, 4.69) is 5.32 Å². The second-order valence-corrected chi connectivity index (χ2v) is 7.83. The number of anilines is 3. The molecular weight excluding hydrogens is 358 g/mol. The Morgan fingerprint density at radius 3 is 2.63 bits per heavy atom. The van der Waals surface area contributed by atoms with E-state index < -0.39 is 0 Å².